The van der Waals surface area contributed by atoms with Crippen molar-refractivity contribution in [2.75, 3.05) is 18.0 Å². The van der Waals surface area contributed by atoms with Gasteiger partial charge in [-0.3, -0.25) is 0 Å². The molecule has 4 nitrogen and oxygen atoms in total. The van der Waals surface area contributed by atoms with Crippen molar-refractivity contribution in [2.24, 2.45) is 0 Å². The van der Waals surface area contributed by atoms with Crippen LogP contribution in [0.15, 0.2) is 18.3 Å². The molecule has 26 heavy (non-hydrogen) atoms. The first kappa shape index (κ1) is 18.4. The predicted molar refractivity (Wildman–Crippen MR) is 111 cm³/mol. The molecule has 0 spiro atoms. The second kappa shape index (κ2) is 7.10. The van der Waals surface area contributed by atoms with E-state index >= 15 is 0 Å². The van der Waals surface area contributed by atoms with Crippen molar-refractivity contribution in [2.45, 2.75) is 54.9 Å². The van der Waals surface area contributed by atoms with Gasteiger partial charge in [-0.15, -0.1) is 0 Å². The first-order valence-corrected chi connectivity index (χ1v) is 9.56. The number of anilines is 1. The Kier molecular flexibility index (Phi) is 5.03. The van der Waals surface area contributed by atoms with E-state index in [2.05, 4.69) is 69.3 Å². The lowest BCUT2D eigenvalue weighted by Gasteiger charge is -2.23. The van der Waals surface area contributed by atoms with E-state index in [0.29, 0.717) is 0 Å². The van der Waals surface area contributed by atoms with Crippen LogP contribution in [0.5, 0.6) is 0 Å². The van der Waals surface area contributed by atoms with Crippen molar-refractivity contribution in [1.82, 2.24) is 14.5 Å². The predicted octanol–water partition coefficient (Wildman–Crippen LogP) is 5.20. The summed E-state index contributed by atoms with van der Waals surface area (Å²) < 4.78 is 2.26. The Hall–Kier alpha value is -2.36. The SMILES string of the molecule is CCCN(CC)c1nc(C)nc2c1c(C)cn2-c1c(C)cc(C)cc1C. The average molecular weight is 351 g/mol. The Morgan fingerprint density at radius 3 is 2.15 bits per heavy atom. The first-order chi connectivity index (χ1) is 12.4. The quantitative estimate of drug-likeness (QED) is 0.634. The summed E-state index contributed by atoms with van der Waals surface area (Å²) >= 11 is 0. The Bertz CT molecular complexity index is 929. The maximum Gasteiger partial charge on any atom is 0.150 e. The molecule has 0 saturated heterocycles. The highest BCUT2D eigenvalue weighted by Crippen LogP contribution is 2.33. The van der Waals surface area contributed by atoms with E-state index in [-0.39, 0.29) is 0 Å². The van der Waals surface area contributed by atoms with Gasteiger partial charge in [0.05, 0.1) is 11.1 Å². The molecule has 138 valence electrons. The van der Waals surface area contributed by atoms with Gasteiger partial charge in [0.25, 0.3) is 0 Å². The summed E-state index contributed by atoms with van der Waals surface area (Å²) in [6.07, 6.45) is 3.32. The van der Waals surface area contributed by atoms with Crippen LogP contribution in [-0.4, -0.2) is 27.6 Å². The Balaban J connectivity index is 2.33. The summed E-state index contributed by atoms with van der Waals surface area (Å²) in [5, 5.41) is 1.17. The van der Waals surface area contributed by atoms with Gasteiger partial charge in [0.2, 0.25) is 0 Å². The fourth-order valence-corrected chi connectivity index (χ4v) is 4.03. The smallest absolute Gasteiger partial charge is 0.150 e. The molecule has 1 aromatic carbocycles. The Morgan fingerprint density at radius 2 is 1.58 bits per heavy atom. The highest BCUT2D eigenvalue weighted by atomic mass is 15.2. The van der Waals surface area contributed by atoms with Gasteiger partial charge < -0.3 is 9.47 Å². The molecule has 0 bridgehead atoms. The van der Waals surface area contributed by atoms with Crippen LogP contribution < -0.4 is 4.90 Å². The molecule has 2 heterocycles. The molecule has 0 fully saturated rings. The highest BCUT2D eigenvalue weighted by molar-refractivity contribution is 5.92. The number of aromatic nitrogens is 3. The van der Waals surface area contributed by atoms with Crippen LogP contribution in [0, 0.1) is 34.6 Å². The first-order valence-electron chi connectivity index (χ1n) is 9.56. The van der Waals surface area contributed by atoms with E-state index in [1.54, 1.807) is 0 Å². The fraction of sp³-hybridized carbons (Fsp3) is 0.455. The van der Waals surface area contributed by atoms with E-state index in [1.165, 1.54) is 33.3 Å². The van der Waals surface area contributed by atoms with E-state index < -0.39 is 0 Å². The van der Waals surface area contributed by atoms with Crippen molar-refractivity contribution in [3.63, 3.8) is 0 Å². The second-order valence-corrected chi connectivity index (χ2v) is 7.30. The lowest BCUT2D eigenvalue weighted by molar-refractivity contribution is 0.777. The number of aryl methyl sites for hydroxylation is 5. The molecule has 0 radical (unpaired) electrons. The summed E-state index contributed by atoms with van der Waals surface area (Å²) in [5.74, 6) is 1.89. The maximum atomic E-state index is 4.84. The molecular formula is C22H30N4. The number of fused-ring (bicyclic) bond motifs is 1. The van der Waals surface area contributed by atoms with Crippen molar-refractivity contribution in [3.05, 3.63) is 46.4 Å². The van der Waals surface area contributed by atoms with E-state index in [1.807, 2.05) is 6.92 Å². The second-order valence-electron chi connectivity index (χ2n) is 7.30. The third-order valence-corrected chi connectivity index (χ3v) is 4.98. The summed E-state index contributed by atoms with van der Waals surface area (Å²) in [5.41, 5.74) is 7.31. The fourth-order valence-electron chi connectivity index (χ4n) is 4.03. The van der Waals surface area contributed by atoms with E-state index in [9.17, 15) is 0 Å². The number of hydrogen-bond acceptors (Lipinski definition) is 3. The molecule has 0 aliphatic heterocycles. The van der Waals surface area contributed by atoms with Crippen LogP contribution >= 0.6 is 0 Å². The lowest BCUT2D eigenvalue weighted by Crippen LogP contribution is -2.25. The van der Waals surface area contributed by atoms with Gasteiger partial charge in [-0.2, -0.15) is 0 Å². The highest BCUT2D eigenvalue weighted by Gasteiger charge is 2.19. The van der Waals surface area contributed by atoms with E-state index in [4.69, 9.17) is 9.97 Å². The van der Waals surface area contributed by atoms with Crippen LogP contribution in [0.1, 0.15) is 48.3 Å². The van der Waals surface area contributed by atoms with Crippen LogP contribution in [0.3, 0.4) is 0 Å². The molecule has 0 amide bonds. The van der Waals surface area contributed by atoms with Crippen LogP contribution in [0.2, 0.25) is 0 Å². The minimum absolute atomic E-state index is 0.823. The zero-order valence-corrected chi connectivity index (χ0v) is 17.1. The molecule has 0 aliphatic rings. The topological polar surface area (TPSA) is 34.0 Å². The Labute approximate surface area is 156 Å². The minimum Gasteiger partial charge on any atom is -0.356 e. The maximum absolute atomic E-state index is 4.84. The van der Waals surface area contributed by atoms with Gasteiger partial charge in [-0.05, 0) is 64.7 Å². The standard InChI is InChI=1S/C22H30N4/c1-8-10-25(9-2)21-19-17(6)13-26(22(19)24-18(7)23-21)20-15(4)11-14(3)12-16(20)5/h11-13H,8-10H2,1-7H3. The third-order valence-electron chi connectivity index (χ3n) is 4.98. The number of nitrogens with zero attached hydrogens (tertiary/aromatic N) is 4. The Morgan fingerprint density at radius 1 is 0.923 bits per heavy atom. The lowest BCUT2D eigenvalue weighted by atomic mass is 10.1. The normalized spacial score (nSPS) is 11.3. The van der Waals surface area contributed by atoms with Gasteiger partial charge in [-0.1, -0.05) is 24.6 Å². The van der Waals surface area contributed by atoms with Gasteiger partial charge in [-0.25, -0.2) is 9.97 Å². The summed E-state index contributed by atoms with van der Waals surface area (Å²) in [4.78, 5) is 12.0. The molecule has 4 heteroatoms. The van der Waals surface area contributed by atoms with Crippen molar-refractivity contribution < 1.29 is 0 Å². The third kappa shape index (κ3) is 3.09. The van der Waals surface area contributed by atoms with Crippen molar-refractivity contribution >= 4 is 16.9 Å². The summed E-state index contributed by atoms with van der Waals surface area (Å²) in [7, 11) is 0. The number of rotatable bonds is 5. The van der Waals surface area contributed by atoms with Crippen molar-refractivity contribution in [1.29, 1.82) is 0 Å². The zero-order chi connectivity index (χ0) is 19.0. The van der Waals surface area contributed by atoms with Crippen LogP contribution in [0.4, 0.5) is 5.82 Å². The van der Waals surface area contributed by atoms with Crippen LogP contribution in [0.25, 0.3) is 16.7 Å². The van der Waals surface area contributed by atoms with Gasteiger partial charge in [0.1, 0.15) is 11.6 Å². The zero-order valence-electron chi connectivity index (χ0n) is 17.1. The van der Waals surface area contributed by atoms with Crippen LogP contribution in [-0.2, 0) is 0 Å². The molecule has 3 aromatic rings. The van der Waals surface area contributed by atoms with Gasteiger partial charge in [0.15, 0.2) is 5.65 Å². The number of hydrogen-bond donors (Lipinski definition) is 0. The molecule has 0 N–H and O–H groups in total. The monoisotopic (exact) mass is 350 g/mol. The minimum atomic E-state index is 0.823. The molecule has 0 aliphatic carbocycles. The molecule has 0 atom stereocenters. The molecular weight excluding hydrogens is 320 g/mol. The molecule has 2 aromatic heterocycles. The van der Waals surface area contributed by atoms with Gasteiger partial charge in [0, 0.05) is 19.3 Å². The molecule has 0 saturated carbocycles. The van der Waals surface area contributed by atoms with E-state index in [0.717, 1.165) is 36.8 Å². The summed E-state index contributed by atoms with van der Waals surface area (Å²) in [6, 6.07) is 4.49. The summed E-state index contributed by atoms with van der Waals surface area (Å²) in [6.45, 7) is 17.0. The van der Waals surface area contributed by atoms with Crippen molar-refractivity contribution in [3.8, 4) is 5.69 Å². The average Bonchev–Trinajstić information content (AvgIpc) is 2.87. The molecule has 0 unspecified atom stereocenters. The largest absolute Gasteiger partial charge is 0.356 e. The van der Waals surface area contributed by atoms with Gasteiger partial charge >= 0.3 is 0 Å². The number of benzene rings is 1. The molecule has 3 rings (SSSR count).